The van der Waals surface area contributed by atoms with Gasteiger partial charge < -0.3 is 9.30 Å². The molecule has 0 saturated heterocycles. The van der Waals surface area contributed by atoms with Crippen molar-refractivity contribution in [2.24, 2.45) is 5.10 Å². The van der Waals surface area contributed by atoms with Gasteiger partial charge in [-0.05, 0) is 51.8 Å². The standard InChI is InChI=1S/C29H32N4O3/c1-4-36-29(35)20(3)32-19(2)24(22-14-9-11-17-26(22)32)18-30-33-27(21-12-6-5-7-13-21)31-25-16-10-8-15-23(25)28(33)34/h8-11,14-18,20-21H,4-7,12-13H2,1-3H3/t20-/m0/s1. The van der Waals surface area contributed by atoms with Crippen molar-refractivity contribution < 1.29 is 9.53 Å². The zero-order valence-corrected chi connectivity index (χ0v) is 21.1. The minimum absolute atomic E-state index is 0.154. The van der Waals surface area contributed by atoms with Crippen molar-refractivity contribution in [2.45, 2.75) is 64.8 Å². The molecule has 1 aliphatic rings. The number of hydrogen-bond acceptors (Lipinski definition) is 5. The van der Waals surface area contributed by atoms with Crippen LogP contribution in [-0.4, -0.2) is 33.0 Å². The Bertz CT molecular complexity index is 1510. The molecule has 4 aromatic rings. The molecular formula is C29H32N4O3. The number of ether oxygens (including phenoxy) is 1. The summed E-state index contributed by atoms with van der Waals surface area (Å²) >= 11 is 0. The molecule has 0 unspecified atom stereocenters. The van der Waals surface area contributed by atoms with Gasteiger partial charge in [-0.3, -0.25) is 4.79 Å². The first-order valence-corrected chi connectivity index (χ1v) is 12.8. The number of esters is 1. The van der Waals surface area contributed by atoms with E-state index in [0.29, 0.717) is 17.5 Å². The topological polar surface area (TPSA) is 78.5 Å². The number of rotatable bonds is 6. The number of nitrogens with zero attached hydrogens (tertiary/aromatic N) is 4. The van der Waals surface area contributed by atoms with E-state index in [1.165, 1.54) is 11.1 Å². The van der Waals surface area contributed by atoms with Crippen LogP contribution < -0.4 is 5.56 Å². The predicted molar refractivity (Wildman–Crippen MR) is 143 cm³/mol. The fourth-order valence-electron chi connectivity index (χ4n) is 5.44. The second kappa shape index (κ2) is 10.1. The Morgan fingerprint density at radius 3 is 2.56 bits per heavy atom. The fourth-order valence-corrected chi connectivity index (χ4v) is 5.44. The third kappa shape index (κ3) is 4.23. The van der Waals surface area contributed by atoms with E-state index in [-0.39, 0.29) is 17.4 Å². The van der Waals surface area contributed by atoms with E-state index < -0.39 is 6.04 Å². The first-order chi connectivity index (χ1) is 17.5. The van der Waals surface area contributed by atoms with Crippen LogP contribution in [0.3, 0.4) is 0 Å². The second-order valence-electron chi connectivity index (χ2n) is 9.50. The highest BCUT2D eigenvalue weighted by molar-refractivity contribution is 6.01. The first kappa shape index (κ1) is 24.0. The molecule has 0 amide bonds. The zero-order valence-electron chi connectivity index (χ0n) is 21.1. The van der Waals surface area contributed by atoms with Crippen molar-refractivity contribution >= 4 is 34.0 Å². The van der Waals surface area contributed by atoms with Gasteiger partial charge in [-0.15, -0.1) is 0 Å². The molecule has 2 heterocycles. The Labute approximate surface area is 210 Å². The summed E-state index contributed by atoms with van der Waals surface area (Å²) in [6, 6.07) is 14.9. The third-order valence-corrected chi connectivity index (χ3v) is 7.27. The number of fused-ring (bicyclic) bond motifs is 2. The quantitative estimate of drug-likeness (QED) is 0.259. The largest absolute Gasteiger partial charge is 0.464 e. The second-order valence-corrected chi connectivity index (χ2v) is 9.50. The van der Waals surface area contributed by atoms with Crippen LogP contribution in [0.4, 0.5) is 0 Å². The minimum Gasteiger partial charge on any atom is -0.464 e. The molecule has 2 aromatic carbocycles. The van der Waals surface area contributed by atoms with Crippen LogP contribution in [0.1, 0.15) is 75.0 Å². The number of carbonyl (C=O) groups is 1. The van der Waals surface area contributed by atoms with Crippen LogP contribution in [0.2, 0.25) is 0 Å². The van der Waals surface area contributed by atoms with Gasteiger partial charge in [0.2, 0.25) is 0 Å². The summed E-state index contributed by atoms with van der Waals surface area (Å²) in [4.78, 5) is 31.1. The summed E-state index contributed by atoms with van der Waals surface area (Å²) in [6.45, 7) is 5.96. The van der Waals surface area contributed by atoms with Crippen LogP contribution >= 0.6 is 0 Å². The Balaban J connectivity index is 1.66. The van der Waals surface area contributed by atoms with Gasteiger partial charge in [0, 0.05) is 28.1 Å². The molecule has 0 N–H and O–H groups in total. The van der Waals surface area contributed by atoms with Gasteiger partial charge in [0.05, 0.1) is 23.7 Å². The highest BCUT2D eigenvalue weighted by Gasteiger charge is 2.24. The van der Waals surface area contributed by atoms with Crippen LogP contribution in [0.25, 0.3) is 21.8 Å². The summed E-state index contributed by atoms with van der Waals surface area (Å²) in [5.41, 5.74) is 3.25. The maximum atomic E-state index is 13.6. The van der Waals surface area contributed by atoms with Crippen LogP contribution in [0.15, 0.2) is 58.4 Å². The molecule has 5 rings (SSSR count). The summed E-state index contributed by atoms with van der Waals surface area (Å²) in [7, 11) is 0. The van der Waals surface area contributed by atoms with E-state index in [9.17, 15) is 9.59 Å². The molecule has 1 saturated carbocycles. The highest BCUT2D eigenvalue weighted by atomic mass is 16.5. The number of aromatic nitrogens is 3. The molecule has 2 aromatic heterocycles. The lowest BCUT2D eigenvalue weighted by Gasteiger charge is -2.22. The monoisotopic (exact) mass is 484 g/mol. The van der Waals surface area contributed by atoms with Gasteiger partial charge in [-0.1, -0.05) is 49.6 Å². The van der Waals surface area contributed by atoms with E-state index >= 15 is 0 Å². The maximum Gasteiger partial charge on any atom is 0.328 e. The van der Waals surface area contributed by atoms with Crippen LogP contribution in [-0.2, 0) is 9.53 Å². The predicted octanol–water partition coefficient (Wildman–Crippen LogP) is 5.71. The summed E-state index contributed by atoms with van der Waals surface area (Å²) in [5.74, 6) is 0.662. The average molecular weight is 485 g/mol. The van der Waals surface area contributed by atoms with Gasteiger partial charge in [-0.25, -0.2) is 9.78 Å². The number of hydrogen-bond donors (Lipinski definition) is 0. The van der Waals surface area contributed by atoms with Crippen molar-refractivity contribution in [3.63, 3.8) is 0 Å². The smallest absolute Gasteiger partial charge is 0.328 e. The number of para-hydroxylation sites is 2. The van der Waals surface area contributed by atoms with Crippen molar-refractivity contribution in [2.75, 3.05) is 6.61 Å². The molecule has 1 aliphatic carbocycles. The van der Waals surface area contributed by atoms with E-state index in [0.717, 1.165) is 53.7 Å². The van der Waals surface area contributed by atoms with Gasteiger partial charge in [0.1, 0.15) is 11.9 Å². The number of benzene rings is 2. The number of carbonyl (C=O) groups excluding carboxylic acids is 1. The van der Waals surface area contributed by atoms with Crippen molar-refractivity contribution in [3.8, 4) is 0 Å². The van der Waals surface area contributed by atoms with Gasteiger partial charge in [0.25, 0.3) is 5.56 Å². The molecule has 186 valence electrons. The van der Waals surface area contributed by atoms with Crippen molar-refractivity contribution in [1.82, 2.24) is 14.2 Å². The molecule has 7 nitrogen and oxygen atoms in total. The molecule has 1 fully saturated rings. The SMILES string of the molecule is CCOC(=O)[C@H](C)n1c(C)c(C=Nn2c(C3CCCCC3)nc3ccccc3c2=O)c2ccccc21. The molecule has 36 heavy (non-hydrogen) atoms. The lowest BCUT2D eigenvalue weighted by atomic mass is 9.88. The normalized spacial score (nSPS) is 15.6. The van der Waals surface area contributed by atoms with E-state index in [2.05, 4.69) is 0 Å². The molecule has 7 heteroatoms. The van der Waals surface area contributed by atoms with Crippen LogP contribution in [0, 0.1) is 6.92 Å². The molecular weight excluding hydrogens is 452 g/mol. The van der Waals surface area contributed by atoms with E-state index in [1.807, 2.05) is 67.8 Å². The maximum absolute atomic E-state index is 13.6. The Kier molecular flexibility index (Phi) is 6.72. The van der Waals surface area contributed by atoms with E-state index in [1.54, 1.807) is 12.3 Å². The van der Waals surface area contributed by atoms with E-state index in [4.69, 9.17) is 14.8 Å². The van der Waals surface area contributed by atoms with Crippen LogP contribution in [0.5, 0.6) is 0 Å². The van der Waals surface area contributed by atoms with Crippen molar-refractivity contribution in [1.29, 1.82) is 0 Å². The third-order valence-electron chi connectivity index (χ3n) is 7.27. The Hall–Kier alpha value is -3.74. The molecule has 0 spiro atoms. The summed E-state index contributed by atoms with van der Waals surface area (Å²) < 4.78 is 8.78. The van der Waals surface area contributed by atoms with Crippen molar-refractivity contribution in [3.05, 3.63) is 76.0 Å². The van der Waals surface area contributed by atoms with Gasteiger partial charge >= 0.3 is 5.97 Å². The molecule has 0 aliphatic heterocycles. The van der Waals surface area contributed by atoms with Gasteiger partial charge in [-0.2, -0.15) is 9.78 Å². The van der Waals surface area contributed by atoms with Gasteiger partial charge in [0.15, 0.2) is 0 Å². The molecule has 0 radical (unpaired) electrons. The molecule has 1 atom stereocenters. The Morgan fingerprint density at radius 1 is 1.11 bits per heavy atom. The average Bonchev–Trinajstić information content (AvgIpc) is 3.19. The highest BCUT2D eigenvalue weighted by Crippen LogP contribution is 2.32. The lowest BCUT2D eigenvalue weighted by Crippen LogP contribution is -2.25. The first-order valence-electron chi connectivity index (χ1n) is 12.8. The Morgan fingerprint density at radius 2 is 1.81 bits per heavy atom. The fraction of sp³-hybridized carbons (Fsp3) is 0.379. The summed E-state index contributed by atoms with van der Waals surface area (Å²) in [6.07, 6.45) is 7.25. The summed E-state index contributed by atoms with van der Waals surface area (Å²) in [5, 5.41) is 6.28. The lowest BCUT2D eigenvalue weighted by molar-refractivity contribution is -0.146. The minimum atomic E-state index is -0.486. The zero-order chi connectivity index (χ0) is 25.2. The molecule has 0 bridgehead atoms.